The summed E-state index contributed by atoms with van der Waals surface area (Å²) in [6.07, 6.45) is 3.17. The molecule has 0 aromatic carbocycles. The van der Waals surface area contributed by atoms with Gasteiger partial charge in [0.05, 0.1) is 0 Å². The molecule has 0 bridgehead atoms. The van der Waals surface area contributed by atoms with E-state index in [1.807, 2.05) is 12.1 Å². The molecular weight excluding hydrogens is 334 g/mol. The average molecular weight is 349 g/mol. The summed E-state index contributed by atoms with van der Waals surface area (Å²) in [5.74, 6) is 2.56. The van der Waals surface area contributed by atoms with E-state index in [0.717, 1.165) is 31.8 Å². The number of furan rings is 1. The van der Waals surface area contributed by atoms with Gasteiger partial charge in [-0.2, -0.15) is 4.98 Å². The number of rotatable bonds is 4. The Bertz CT molecular complexity index is 523. The summed E-state index contributed by atoms with van der Waals surface area (Å²) in [7, 11) is 0. The quantitative estimate of drug-likeness (QED) is 0.920. The van der Waals surface area contributed by atoms with Crippen molar-refractivity contribution in [2.75, 3.05) is 13.1 Å². The molecule has 1 saturated heterocycles. The Labute approximate surface area is 125 Å². The second-order valence-corrected chi connectivity index (χ2v) is 5.29. The fourth-order valence-electron chi connectivity index (χ4n) is 2.18. The van der Waals surface area contributed by atoms with Crippen LogP contribution >= 0.6 is 28.3 Å². The smallest absolute Gasteiger partial charge is 0.238 e. The highest BCUT2D eigenvalue weighted by Crippen LogP contribution is 2.23. The third-order valence-electron chi connectivity index (χ3n) is 3.19. The van der Waals surface area contributed by atoms with Crippen LogP contribution in [-0.2, 0) is 6.42 Å². The second kappa shape index (κ2) is 6.54. The van der Waals surface area contributed by atoms with Crippen LogP contribution in [0.1, 0.15) is 18.7 Å². The maximum absolute atomic E-state index is 5.38. The number of halogens is 2. The van der Waals surface area contributed by atoms with Crippen molar-refractivity contribution in [3.8, 4) is 11.6 Å². The number of hydrogen-bond donors (Lipinski definition) is 1. The van der Waals surface area contributed by atoms with Crippen LogP contribution in [0, 0.1) is 5.92 Å². The summed E-state index contributed by atoms with van der Waals surface area (Å²) in [6, 6.07) is 3.63. The highest BCUT2D eigenvalue weighted by molar-refractivity contribution is 9.10. The Morgan fingerprint density at radius 2 is 2.32 bits per heavy atom. The monoisotopic (exact) mass is 347 g/mol. The molecular formula is C12H15BrClN3O2. The first-order valence-corrected chi connectivity index (χ1v) is 6.89. The van der Waals surface area contributed by atoms with E-state index >= 15 is 0 Å². The van der Waals surface area contributed by atoms with Crippen LogP contribution in [-0.4, -0.2) is 23.2 Å². The lowest BCUT2D eigenvalue weighted by atomic mass is 10.0. The molecule has 0 aliphatic carbocycles. The SMILES string of the molecule is Brc1ccc(-c2noc(CCC3CCNC3)n2)o1.Cl. The molecule has 104 valence electrons. The predicted octanol–water partition coefficient (Wildman–Crippen LogP) is 3.06. The van der Waals surface area contributed by atoms with Gasteiger partial charge in [0, 0.05) is 6.42 Å². The first kappa shape index (κ1) is 14.6. The van der Waals surface area contributed by atoms with Gasteiger partial charge in [0.1, 0.15) is 0 Å². The van der Waals surface area contributed by atoms with E-state index in [1.54, 1.807) is 0 Å². The molecule has 1 aliphatic rings. The zero-order valence-corrected chi connectivity index (χ0v) is 12.7. The zero-order valence-electron chi connectivity index (χ0n) is 10.3. The van der Waals surface area contributed by atoms with Crippen LogP contribution in [0.3, 0.4) is 0 Å². The van der Waals surface area contributed by atoms with Crippen molar-refractivity contribution in [1.82, 2.24) is 15.5 Å². The van der Waals surface area contributed by atoms with Crippen molar-refractivity contribution in [2.45, 2.75) is 19.3 Å². The van der Waals surface area contributed by atoms with Gasteiger partial charge < -0.3 is 14.3 Å². The van der Waals surface area contributed by atoms with Gasteiger partial charge in [-0.25, -0.2) is 0 Å². The van der Waals surface area contributed by atoms with E-state index in [9.17, 15) is 0 Å². The highest BCUT2D eigenvalue weighted by Gasteiger charge is 2.17. The Morgan fingerprint density at radius 3 is 3.00 bits per heavy atom. The van der Waals surface area contributed by atoms with E-state index < -0.39 is 0 Å². The molecule has 0 amide bonds. The lowest BCUT2D eigenvalue weighted by Gasteiger charge is -2.03. The molecule has 3 rings (SSSR count). The molecule has 2 aromatic rings. The molecule has 1 N–H and O–H groups in total. The number of aromatic nitrogens is 2. The fraction of sp³-hybridized carbons (Fsp3) is 0.500. The molecule has 7 heteroatoms. The molecule has 0 radical (unpaired) electrons. The fourth-order valence-corrected chi connectivity index (χ4v) is 2.49. The van der Waals surface area contributed by atoms with Crippen LogP contribution in [0.4, 0.5) is 0 Å². The number of nitrogens with zero attached hydrogens (tertiary/aromatic N) is 2. The Kier molecular flexibility index (Phi) is 5.01. The van der Waals surface area contributed by atoms with E-state index in [1.165, 1.54) is 6.42 Å². The standard InChI is InChI=1S/C12H14BrN3O2.ClH/c13-10-3-2-9(17-10)12-15-11(18-16-12)4-1-8-5-6-14-7-8;/h2-3,8,14H,1,4-7H2;1H. The first-order valence-electron chi connectivity index (χ1n) is 6.10. The van der Waals surface area contributed by atoms with Gasteiger partial charge >= 0.3 is 0 Å². The predicted molar refractivity (Wildman–Crippen MR) is 76.2 cm³/mol. The zero-order chi connectivity index (χ0) is 12.4. The highest BCUT2D eigenvalue weighted by atomic mass is 79.9. The first-order chi connectivity index (χ1) is 8.81. The Balaban J connectivity index is 0.00000133. The minimum atomic E-state index is 0. The van der Waals surface area contributed by atoms with Gasteiger partial charge in [-0.1, -0.05) is 5.16 Å². The van der Waals surface area contributed by atoms with Crippen LogP contribution in [0.25, 0.3) is 11.6 Å². The molecule has 1 atom stereocenters. The van der Waals surface area contributed by atoms with Gasteiger partial charge in [0.15, 0.2) is 10.4 Å². The topological polar surface area (TPSA) is 64.1 Å². The Hall–Kier alpha value is -0.850. The van der Waals surface area contributed by atoms with Gasteiger partial charge in [0.25, 0.3) is 0 Å². The van der Waals surface area contributed by atoms with Crippen molar-refractivity contribution in [3.63, 3.8) is 0 Å². The normalized spacial score (nSPS) is 18.5. The molecule has 0 spiro atoms. The van der Waals surface area contributed by atoms with Crippen molar-refractivity contribution in [1.29, 1.82) is 0 Å². The third kappa shape index (κ3) is 3.58. The molecule has 1 fully saturated rings. The van der Waals surface area contributed by atoms with Crippen LogP contribution < -0.4 is 5.32 Å². The maximum atomic E-state index is 5.38. The molecule has 2 aromatic heterocycles. The average Bonchev–Trinajstić information content (AvgIpc) is 3.07. The van der Waals surface area contributed by atoms with Crippen LogP contribution in [0.5, 0.6) is 0 Å². The maximum Gasteiger partial charge on any atom is 0.238 e. The number of aryl methyl sites for hydroxylation is 1. The minimum Gasteiger partial charge on any atom is -0.446 e. The molecule has 5 nitrogen and oxygen atoms in total. The molecule has 1 unspecified atom stereocenters. The summed E-state index contributed by atoms with van der Waals surface area (Å²) in [5.41, 5.74) is 0. The number of nitrogens with one attached hydrogen (secondary N) is 1. The van der Waals surface area contributed by atoms with E-state index in [4.69, 9.17) is 8.94 Å². The van der Waals surface area contributed by atoms with Gasteiger partial charge in [-0.15, -0.1) is 12.4 Å². The summed E-state index contributed by atoms with van der Waals surface area (Å²) in [4.78, 5) is 4.34. The molecule has 1 aliphatic heterocycles. The minimum absolute atomic E-state index is 0. The van der Waals surface area contributed by atoms with Crippen molar-refractivity contribution < 1.29 is 8.94 Å². The van der Waals surface area contributed by atoms with Crippen molar-refractivity contribution in [2.24, 2.45) is 5.92 Å². The van der Waals surface area contributed by atoms with E-state index in [0.29, 0.717) is 22.1 Å². The van der Waals surface area contributed by atoms with Crippen molar-refractivity contribution in [3.05, 3.63) is 22.7 Å². The van der Waals surface area contributed by atoms with Gasteiger partial charge in [-0.05, 0) is 59.9 Å². The summed E-state index contributed by atoms with van der Waals surface area (Å²) >= 11 is 3.25. The van der Waals surface area contributed by atoms with Crippen LogP contribution in [0.15, 0.2) is 25.7 Å². The third-order valence-corrected chi connectivity index (χ3v) is 3.62. The lowest BCUT2D eigenvalue weighted by molar-refractivity contribution is 0.364. The van der Waals surface area contributed by atoms with Crippen LogP contribution in [0.2, 0.25) is 0 Å². The van der Waals surface area contributed by atoms with Gasteiger partial charge in [-0.3, -0.25) is 0 Å². The lowest BCUT2D eigenvalue weighted by Crippen LogP contribution is -2.09. The molecule has 3 heterocycles. The summed E-state index contributed by atoms with van der Waals surface area (Å²) < 4.78 is 11.3. The van der Waals surface area contributed by atoms with Crippen molar-refractivity contribution >= 4 is 28.3 Å². The van der Waals surface area contributed by atoms with E-state index in [2.05, 4.69) is 31.4 Å². The van der Waals surface area contributed by atoms with E-state index in [-0.39, 0.29) is 12.4 Å². The Morgan fingerprint density at radius 1 is 1.42 bits per heavy atom. The number of hydrogen-bond acceptors (Lipinski definition) is 5. The summed E-state index contributed by atoms with van der Waals surface area (Å²) in [6.45, 7) is 2.23. The van der Waals surface area contributed by atoms with Gasteiger partial charge in [0.2, 0.25) is 11.7 Å². The molecule has 19 heavy (non-hydrogen) atoms. The largest absolute Gasteiger partial charge is 0.446 e. The molecule has 0 saturated carbocycles. The summed E-state index contributed by atoms with van der Waals surface area (Å²) in [5, 5.41) is 7.28. The second-order valence-electron chi connectivity index (χ2n) is 4.51.